The third-order valence-electron chi connectivity index (χ3n) is 1.82. The molecule has 8 heteroatoms. The SMILES string of the molecule is NCc1ccnc(S(=O)(=O)C(F)C(F)F)c1. The molecule has 0 aliphatic heterocycles. The van der Waals surface area contributed by atoms with Gasteiger partial charge in [0, 0.05) is 12.7 Å². The predicted molar refractivity (Wildman–Crippen MR) is 50.2 cm³/mol. The Morgan fingerprint density at radius 2 is 2.00 bits per heavy atom. The first-order valence-corrected chi connectivity index (χ1v) is 5.75. The lowest BCUT2D eigenvalue weighted by molar-refractivity contribution is 0.0901. The summed E-state index contributed by atoms with van der Waals surface area (Å²) in [6.07, 6.45) is -2.53. The molecule has 0 saturated heterocycles. The molecule has 1 aromatic heterocycles. The van der Waals surface area contributed by atoms with Crippen molar-refractivity contribution < 1.29 is 21.6 Å². The number of pyridine rings is 1. The number of halogens is 3. The first-order chi connectivity index (χ1) is 7.39. The van der Waals surface area contributed by atoms with E-state index in [0.29, 0.717) is 5.56 Å². The topological polar surface area (TPSA) is 73.0 Å². The van der Waals surface area contributed by atoms with Crippen molar-refractivity contribution in [3.8, 4) is 0 Å². The molecule has 0 saturated carbocycles. The standard InChI is InChI=1S/C8H9F3N2O2S/c9-7(10)8(11)16(14,15)6-3-5(4-12)1-2-13-6/h1-3,7-8H,4,12H2. The fraction of sp³-hybridized carbons (Fsp3) is 0.375. The molecule has 0 bridgehead atoms. The van der Waals surface area contributed by atoms with Gasteiger partial charge in [0.05, 0.1) is 0 Å². The molecule has 0 radical (unpaired) electrons. The number of hydrogen-bond donors (Lipinski definition) is 1. The minimum Gasteiger partial charge on any atom is -0.326 e. The molecule has 1 rings (SSSR count). The highest BCUT2D eigenvalue weighted by Crippen LogP contribution is 2.20. The molecule has 0 aliphatic rings. The monoisotopic (exact) mass is 254 g/mol. The van der Waals surface area contributed by atoms with Crippen LogP contribution in [0.3, 0.4) is 0 Å². The number of rotatable bonds is 4. The number of nitrogens with two attached hydrogens (primary N) is 1. The van der Waals surface area contributed by atoms with E-state index in [1.165, 1.54) is 6.07 Å². The Balaban J connectivity index is 3.17. The van der Waals surface area contributed by atoms with Crippen molar-refractivity contribution in [1.29, 1.82) is 0 Å². The maximum Gasteiger partial charge on any atom is 0.284 e. The minimum absolute atomic E-state index is 0.0106. The minimum atomic E-state index is -4.75. The van der Waals surface area contributed by atoms with E-state index in [-0.39, 0.29) is 6.54 Å². The van der Waals surface area contributed by atoms with Gasteiger partial charge in [-0.2, -0.15) is 0 Å². The first kappa shape index (κ1) is 12.9. The highest BCUT2D eigenvalue weighted by Gasteiger charge is 2.36. The Morgan fingerprint density at radius 3 is 2.50 bits per heavy atom. The van der Waals surface area contributed by atoms with Crippen molar-refractivity contribution in [3.05, 3.63) is 23.9 Å². The Kier molecular flexibility index (Phi) is 3.87. The van der Waals surface area contributed by atoms with Gasteiger partial charge in [-0.15, -0.1) is 0 Å². The molecule has 2 N–H and O–H groups in total. The van der Waals surface area contributed by atoms with E-state index >= 15 is 0 Å². The van der Waals surface area contributed by atoms with Crippen LogP contribution >= 0.6 is 0 Å². The van der Waals surface area contributed by atoms with Crippen LogP contribution in [-0.2, 0) is 16.4 Å². The quantitative estimate of drug-likeness (QED) is 0.865. The van der Waals surface area contributed by atoms with Crippen LogP contribution in [0.1, 0.15) is 5.56 Å². The number of sulfone groups is 1. The van der Waals surface area contributed by atoms with Crippen molar-refractivity contribution in [3.63, 3.8) is 0 Å². The van der Waals surface area contributed by atoms with Gasteiger partial charge in [-0.25, -0.2) is 26.6 Å². The van der Waals surface area contributed by atoms with E-state index < -0.39 is 26.8 Å². The summed E-state index contributed by atoms with van der Waals surface area (Å²) in [7, 11) is -4.75. The zero-order chi connectivity index (χ0) is 12.3. The fourth-order valence-electron chi connectivity index (χ4n) is 0.984. The molecule has 4 nitrogen and oxygen atoms in total. The molecule has 0 spiro atoms. The summed E-state index contributed by atoms with van der Waals surface area (Å²) >= 11 is 0. The van der Waals surface area contributed by atoms with Crippen molar-refractivity contribution in [2.75, 3.05) is 0 Å². The van der Waals surface area contributed by atoms with Gasteiger partial charge in [0.25, 0.3) is 11.9 Å². The molecule has 90 valence electrons. The normalized spacial score (nSPS) is 14.1. The van der Waals surface area contributed by atoms with E-state index in [1.54, 1.807) is 0 Å². The van der Waals surface area contributed by atoms with Gasteiger partial charge in [0.2, 0.25) is 9.84 Å². The average Bonchev–Trinajstić information content (AvgIpc) is 2.27. The van der Waals surface area contributed by atoms with Crippen molar-refractivity contribution in [1.82, 2.24) is 4.98 Å². The van der Waals surface area contributed by atoms with Crippen LogP contribution in [0.25, 0.3) is 0 Å². The van der Waals surface area contributed by atoms with E-state index in [2.05, 4.69) is 4.98 Å². The van der Waals surface area contributed by atoms with Crippen LogP contribution in [0.2, 0.25) is 0 Å². The van der Waals surface area contributed by atoms with Gasteiger partial charge in [0.1, 0.15) is 0 Å². The van der Waals surface area contributed by atoms with E-state index in [4.69, 9.17) is 5.73 Å². The molecule has 1 heterocycles. The summed E-state index contributed by atoms with van der Waals surface area (Å²) in [4.78, 5) is 3.35. The smallest absolute Gasteiger partial charge is 0.284 e. The predicted octanol–water partition coefficient (Wildman–Crippen LogP) is 0.875. The molecule has 0 amide bonds. The second-order valence-corrected chi connectivity index (χ2v) is 4.90. The first-order valence-electron chi connectivity index (χ1n) is 4.20. The molecular formula is C8H9F3N2O2S. The van der Waals surface area contributed by atoms with Gasteiger partial charge in [0.15, 0.2) is 5.03 Å². The summed E-state index contributed by atoms with van der Waals surface area (Å²) in [6.45, 7) is 0.0106. The number of nitrogens with zero attached hydrogens (tertiary/aromatic N) is 1. The van der Waals surface area contributed by atoms with E-state index in [0.717, 1.165) is 12.3 Å². The van der Waals surface area contributed by atoms with Crippen LogP contribution in [0.4, 0.5) is 13.2 Å². The number of hydrogen-bond acceptors (Lipinski definition) is 4. The Labute approximate surface area is 90.2 Å². The molecule has 0 fully saturated rings. The highest BCUT2D eigenvalue weighted by molar-refractivity contribution is 7.91. The van der Waals surface area contributed by atoms with Gasteiger partial charge < -0.3 is 5.73 Å². The van der Waals surface area contributed by atoms with Gasteiger partial charge in [-0.1, -0.05) is 0 Å². The van der Waals surface area contributed by atoms with Crippen LogP contribution in [0, 0.1) is 0 Å². The maximum atomic E-state index is 12.8. The molecule has 1 atom stereocenters. The van der Waals surface area contributed by atoms with Crippen molar-refractivity contribution in [2.24, 2.45) is 5.73 Å². The Morgan fingerprint density at radius 1 is 1.38 bits per heavy atom. The molecule has 16 heavy (non-hydrogen) atoms. The largest absolute Gasteiger partial charge is 0.326 e. The van der Waals surface area contributed by atoms with Crippen LogP contribution in [-0.4, -0.2) is 25.3 Å². The van der Waals surface area contributed by atoms with Crippen molar-refractivity contribution in [2.45, 2.75) is 23.5 Å². The van der Waals surface area contributed by atoms with Crippen LogP contribution < -0.4 is 5.73 Å². The molecule has 1 aromatic rings. The summed E-state index contributed by atoms with van der Waals surface area (Å²) in [5.41, 5.74) is 2.33. The Hall–Kier alpha value is -1.15. The second kappa shape index (κ2) is 4.79. The summed E-state index contributed by atoms with van der Waals surface area (Å²) in [5.74, 6) is 0. The lowest BCUT2D eigenvalue weighted by Gasteiger charge is -2.08. The number of alkyl halides is 3. The lowest BCUT2D eigenvalue weighted by atomic mass is 10.3. The molecular weight excluding hydrogens is 245 g/mol. The number of aromatic nitrogens is 1. The summed E-state index contributed by atoms with van der Waals surface area (Å²) < 4.78 is 59.4. The lowest BCUT2D eigenvalue weighted by Crippen LogP contribution is -2.25. The van der Waals surface area contributed by atoms with Crippen molar-refractivity contribution >= 4 is 9.84 Å². The zero-order valence-electron chi connectivity index (χ0n) is 7.98. The average molecular weight is 254 g/mol. The van der Waals surface area contributed by atoms with Gasteiger partial charge >= 0.3 is 0 Å². The van der Waals surface area contributed by atoms with E-state index in [1.807, 2.05) is 0 Å². The summed E-state index contributed by atoms with van der Waals surface area (Å²) in [6, 6.07) is 2.39. The summed E-state index contributed by atoms with van der Waals surface area (Å²) in [5, 5.41) is -0.733. The molecule has 0 aliphatic carbocycles. The van der Waals surface area contributed by atoms with Crippen LogP contribution in [0.5, 0.6) is 0 Å². The highest BCUT2D eigenvalue weighted by atomic mass is 32.2. The second-order valence-electron chi connectivity index (χ2n) is 2.94. The van der Waals surface area contributed by atoms with E-state index in [9.17, 15) is 21.6 Å². The van der Waals surface area contributed by atoms with Gasteiger partial charge in [-0.05, 0) is 17.7 Å². The zero-order valence-corrected chi connectivity index (χ0v) is 8.79. The third kappa shape index (κ3) is 2.50. The third-order valence-corrected chi connectivity index (χ3v) is 3.43. The van der Waals surface area contributed by atoms with Gasteiger partial charge in [-0.3, -0.25) is 0 Å². The maximum absolute atomic E-state index is 12.8. The van der Waals surface area contributed by atoms with Crippen LogP contribution in [0.15, 0.2) is 23.4 Å². The Bertz CT molecular complexity index is 464. The fourth-order valence-corrected chi connectivity index (χ4v) is 2.01. The molecule has 1 unspecified atom stereocenters. The molecule has 0 aromatic carbocycles.